The van der Waals surface area contributed by atoms with Gasteiger partial charge in [-0.05, 0) is 35.4 Å². The largest absolute Gasteiger partial charge is 0.416 e. The van der Waals surface area contributed by atoms with Crippen LogP contribution < -0.4 is 5.32 Å². The first-order chi connectivity index (χ1) is 13.3. The fraction of sp³-hybridized carbons (Fsp3) is 0.0526. The fourth-order valence-corrected chi connectivity index (χ4v) is 2.52. The van der Waals surface area contributed by atoms with Gasteiger partial charge in [0.2, 0.25) is 0 Å². The number of nitrogens with one attached hydrogen (secondary N) is 1. The molecule has 28 heavy (non-hydrogen) atoms. The maximum Gasteiger partial charge on any atom is 0.416 e. The molecule has 0 bridgehead atoms. The van der Waals surface area contributed by atoms with Gasteiger partial charge in [0.1, 0.15) is 12.0 Å². The molecular formula is C19H12F3N3O3. The Morgan fingerprint density at radius 1 is 1.00 bits per heavy atom. The highest BCUT2D eigenvalue weighted by atomic mass is 19.4. The van der Waals surface area contributed by atoms with E-state index in [0.29, 0.717) is 11.1 Å². The first-order valence-electron chi connectivity index (χ1n) is 7.94. The van der Waals surface area contributed by atoms with Gasteiger partial charge in [-0.3, -0.25) is 14.9 Å². The number of halogens is 3. The van der Waals surface area contributed by atoms with Crippen LogP contribution in [0.1, 0.15) is 15.9 Å². The molecule has 0 aliphatic carbocycles. The van der Waals surface area contributed by atoms with E-state index in [9.17, 15) is 28.1 Å². The molecule has 0 unspecified atom stereocenters. The lowest BCUT2D eigenvalue weighted by molar-refractivity contribution is -0.385. The Hall–Kier alpha value is -3.75. The predicted molar refractivity (Wildman–Crippen MR) is 95.7 cm³/mol. The van der Waals surface area contributed by atoms with Crippen LogP contribution in [0, 0.1) is 10.1 Å². The molecule has 3 aromatic rings. The summed E-state index contributed by atoms with van der Waals surface area (Å²) in [6, 6.07) is 13.4. The van der Waals surface area contributed by atoms with Gasteiger partial charge < -0.3 is 5.32 Å². The average molecular weight is 387 g/mol. The molecule has 0 radical (unpaired) electrons. The lowest BCUT2D eigenvalue weighted by atomic mass is 9.98. The number of pyridine rings is 1. The molecule has 1 aromatic heterocycles. The molecule has 1 amide bonds. The molecule has 0 atom stereocenters. The number of anilines is 1. The minimum absolute atomic E-state index is 0.109. The Labute approximate surface area is 156 Å². The smallest absolute Gasteiger partial charge is 0.307 e. The van der Waals surface area contributed by atoms with Crippen LogP contribution in [-0.4, -0.2) is 15.8 Å². The molecule has 0 aliphatic heterocycles. The number of alkyl halides is 3. The third-order valence-corrected chi connectivity index (χ3v) is 3.90. The van der Waals surface area contributed by atoms with Crippen molar-refractivity contribution in [2.24, 2.45) is 0 Å². The Morgan fingerprint density at radius 2 is 1.68 bits per heavy atom. The topological polar surface area (TPSA) is 85.1 Å². The Bertz CT molecular complexity index is 1020. The fourth-order valence-electron chi connectivity index (χ4n) is 2.52. The van der Waals surface area contributed by atoms with Crippen LogP contribution in [0.4, 0.5) is 24.7 Å². The number of amides is 1. The molecule has 1 N–H and O–H groups in total. The van der Waals surface area contributed by atoms with Crippen molar-refractivity contribution in [2.45, 2.75) is 6.18 Å². The average Bonchev–Trinajstić information content (AvgIpc) is 2.68. The van der Waals surface area contributed by atoms with Crippen molar-refractivity contribution in [3.05, 3.63) is 88.1 Å². The van der Waals surface area contributed by atoms with Gasteiger partial charge in [-0.25, -0.2) is 4.98 Å². The van der Waals surface area contributed by atoms with E-state index in [-0.39, 0.29) is 17.1 Å². The second kappa shape index (κ2) is 7.47. The van der Waals surface area contributed by atoms with Crippen molar-refractivity contribution in [1.82, 2.24) is 4.98 Å². The van der Waals surface area contributed by atoms with E-state index < -0.39 is 22.6 Å². The highest BCUT2D eigenvalue weighted by molar-refractivity contribution is 6.08. The predicted octanol–water partition coefficient (Wildman–Crippen LogP) is 4.93. The van der Waals surface area contributed by atoms with Crippen LogP contribution >= 0.6 is 0 Å². The maximum atomic E-state index is 12.7. The zero-order valence-electron chi connectivity index (χ0n) is 14.1. The van der Waals surface area contributed by atoms with Crippen molar-refractivity contribution in [3.63, 3.8) is 0 Å². The summed E-state index contributed by atoms with van der Waals surface area (Å²) in [6.45, 7) is 0. The van der Waals surface area contributed by atoms with Crippen LogP contribution in [0.2, 0.25) is 0 Å². The quantitative estimate of drug-likeness (QED) is 0.508. The van der Waals surface area contributed by atoms with E-state index in [1.54, 1.807) is 18.2 Å². The number of hydrogen-bond donors (Lipinski definition) is 1. The van der Waals surface area contributed by atoms with Crippen LogP contribution in [0.5, 0.6) is 0 Å². The normalized spacial score (nSPS) is 11.1. The van der Waals surface area contributed by atoms with Gasteiger partial charge in [-0.1, -0.05) is 30.3 Å². The molecule has 0 saturated heterocycles. The summed E-state index contributed by atoms with van der Waals surface area (Å²) in [4.78, 5) is 26.4. The zero-order chi connectivity index (χ0) is 20.3. The number of nitrogens with zero attached hydrogens (tertiary/aromatic N) is 2. The monoisotopic (exact) mass is 387 g/mol. The Balaban J connectivity index is 1.87. The lowest BCUT2D eigenvalue weighted by Crippen LogP contribution is -2.14. The molecule has 0 spiro atoms. The number of hydrogen-bond acceptors (Lipinski definition) is 4. The molecule has 9 heteroatoms. The van der Waals surface area contributed by atoms with E-state index >= 15 is 0 Å². The Kier molecular flexibility index (Phi) is 5.08. The second-order valence-corrected chi connectivity index (χ2v) is 5.73. The SMILES string of the molecule is O=C(Nc1ccc([N+](=O)[O-])cn1)c1ccccc1-c1ccc(C(F)(F)F)cc1. The van der Waals surface area contributed by atoms with Crippen LogP contribution in [0.3, 0.4) is 0 Å². The lowest BCUT2D eigenvalue weighted by Gasteiger charge is -2.11. The number of rotatable bonds is 4. The summed E-state index contributed by atoms with van der Waals surface area (Å²) in [7, 11) is 0. The first kappa shape index (κ1) is 19.0. The molecule has 0 aliphatic rings. The van der Waals surface area contributed by atoms with Gasteiger partial charge in [0.05, 0.1) is 10.5 Å². The van der Waals surface area contributed by atoms with E-state index in [4.69, 9.17) is 0 Å². The van der Waals surface area contributed by atoms with Crippen LogP contribution in [0.25, 0.3) is 11.1 Å². The molecule has 142 valence electrons. The third-order valence-electron chi connectivity index (χ3n) is 3.90. The molecule has 0 fully saturated rings. The molecule has 2 aromatic carbocycles. The number of carbonyl (C=O) groups excluding carboxylic acids is 1. The zero-order valence-corrected chi connectivity index (χ0v) is 14.1. The minimum Gasteiger partial charge on any atom is -0.307 e. The van der Waals surface area contributed by atoms with Gasteiger partial charge >= 0.3 is 6.18 Å². The minimum atomic E-state index is -4.45. The summed E-state index contributed by atoms with van der Waals surface area (Å²) < 4.78 is 38.2. The molecule has 1 heterocycles. The van der Waals surface area contributed by atoms with E-state index in [1.165, 1.54) is 30.3 Å². The summed E-state index contributed by atoms with van der Waals surface area (Å²) in [5.41, 5.74) is 0.102. The van der Waals surface area contributed by atoms with Crippen molar-refractivity contribution in [3.8, 4) is 11.1 Å². The molecule has 6 nitrogen and oxygen atoms in total. The summed E-state index contributed by atoms with van der Waals surface area (Å²) >= 11 is 0. The van der Waals surface area contributed by atoms with Gasteiger partial charge in [-0.2, -0.15) is 13.2 Å². The van der Waals surface area contributed by atoms with Crippen LogP contribution in [0.15, 0.2) is 66.9 Å². The van der Waals surface area contributed by atoms with Crippen molar-refractivity contribution >= 4 is 17.4 Å². The van der Waals surface area contributed by atoms with Crippen molar-refractivity contribution in [2.75, 3.05) is 5.32 Å². The summed E-state index contributed by atoms with van der Waals surface area (Å²) in [6.07, 6.45) is -3.44. The van der Waals surface area contributed by atoms with Crippen molar-refractivity contribution in [1.29, 1.82) is 0 Å². The highest BCUT2D eigenvalue weighted by Gasteiger charge is 2.30. The number of nitro groups is 1. The summed E-state index contributed by atoms with van der Waals surface area (Å²) in [5, 5.41) is 13.2. The number of benzene rings is 2. The number of aromatic nitrogens is 1. The van der Waals surface area contributed by atoms with E-state index in [2.05, 4.69) is 10.3 Å². The van der Waals surface area contributed by atoms with Gasteiger partial charge in [-0.15, -0.1) is 0 Å². The molecular weight excluding hydrogens is 375 g/mol. The Morgan fingerprint density at radius 3 is 2.25 bits per heavy atom. The van der Waals surface area contributed by atoms with E-state index in [1.807, 2.05) is 0 Å². The number of carbonyl (C=O) groups is 1. The highest BCUT2D eigenvalue weighted by Crippen LogP contribution is 2.32. The molecule has 3 rings (SSSR count). The third kappa shape index (κ3) is 4.14. The standard InChI is InChI=1S/C19H12F3N3O3/c20-19(21,22)13-7-5-12(6-8-13)15-3-1-2-4-16(15)18(26)24-17-10-9-14(11-23-17)25(27)28/h1-11H,(H,23,24,26). The molecule has 0 saturated carbocycles. The first-order valence-corrected chi connectivity index (χ1v) is 7.94. The van der Waals surface area contributed by atoms with E-state index in [0.717, 1.165) is 18.3 Å². The van der Waals surface area contributed by atoms with Gasteiger partial charge in [0.25, 0.3) is 11.6 Å². The van der Waals surface area contributed by atoms with Crippen molar-refractivity contribution < 1.29 is 22.9 Å². The maximum absolute atomic E-state index is 12.7. The van der Waals surface area contributed by atoms with Gasteiger partial charge in [0, 0.05) is 11.6 Å². The summed E-state index contributed by atoms with van der Waals surface area (Å²) in [5.74, 6) is -0.435. The van der Waals surface area contributed by atoms with Crippen LogP contribution in [-0.2, 0) is 6.18 Å². The van der Waals surface area contributed by atoms with Gasteiger partial charge in [0.15, 0.2) is 0 Å². The second-order valence-electron chi connectivity index (χ2n) is 5.73.